The van der Waals surface area contributed by atoms with Crippen LogP contribution in [0.25, 0.3) is 0 Å². The second kappa shape index (κ2) is 5.72. The first-order valence-corrected chi connectivity index (χ1v) is 5.25. The van der Waals surface area contributed by atoms with Gasteiger partial charge >= 0.3 is 0 Å². The lowest BCUT2D eigenvalue weighted by Gasteiger charge is -2.02. The van der Waals surface area contributed by atoms with E-state index in [1.54, 1.807) is 11.3 Å². The maximum Gasteiger partial charge on any atom is 0.224 e. The Kier molecular flexibility index (Phi) is 4.49. The second-order valence-corrected chi connectivity index (χ2v) is 3.58. The lowest BCUT2D eigenvalue weighted by Crippen LogP contribution is -2.27. The molecule has 3 nitrogen and oxygen atoms in total. The number of amides is 1. The van der Waals surface area contributed by atoms with Crippen LogP contribution in [0.3, 0.4) is 0 Å². The molecule has 13 heavy (non-hydrogen) atoms. The van der Waals surface area contributed by atoms with E-state index in [9.17, 15) is 4.79 Å². The second-order valence-electron chi connectivity index (χ2n) is 2.80. The summed E-state index contributed by atoms with van der Waals surface area (Å²) in [5, 5.41) is 6.77. The molecule has 0 radical (unpaired) electrons. The molecule has 0 unspecified atom stereocenters. The van der Waals surface area contributed by atoms with Gasteiger partial charge in [-0.1, -0.05) is 0 Å². The summed E-state index contributed by atoms with van der Waals surface area (Å²) in [7, 11) is 0. The summed E-state index contributed by atoms with van der Waals surface area (Å²) >= 11 is 1.61. The molecule has 3 N–H and O–H groups in total. The quantitative estimate of drug-likeness (QED) is 0.686. The highest BCUT2D eigenvalue weighted by atomic mass is 32.1. The normalized spacial score (nSPS) is 9.92. The van der Waals surface area contributed by atoms with Crippen LogP contribution in [0.4, 0.5) is 0 Å². The third-order valence-corrected chi connectivity index (χ3v) is 2.38. The van der Waals surface area contributed by atoms with Crippen molar-refractivity contribution in [3.05, 3.63) is 22.4 Å². The van der Waals surface area contributed by atoms with E-state index in [-0.39, 0.29) is 5.91 Å². The fourth-order valence-corrected chi connectivity index (χ4v) is 1.64. The van der Waals surface area contributed by atoms with Crippen molar-refractivity contribution < 1.29 is 4.79 Å². The van der Waals surface area contributed by atoms with E-state index in [0.29, 0.717) is 19.5 Å². The zero-order chi connectivity index (χ0) is 9.52. The monoisotopic (exact) mass is 198 g/mol. The van der Waals surface area contributed by atoms with Gasteiger partial charge in [-0.3, -0.25) is 4.79 Å². The van der Waals surface area contributed by atoms with Crippen LogP contribution in [0.15, 0.2) is 16.8 Å². The van der Waals surface area contributed by atoms with Crippen molar-refractivity contribution in [2.45, 2.75) is 12.8 Å². The molecule has 0 aromatic carbocycles. The largest absolute Gasteiger partial charge is 0.356 e. The third kappa shape index (κ3) is 4.05. The molecule has 0 aliphatic rings. The van der Waals surface area contributed by atoms with Crippen molar-refractivity contribution in [3.63, 3.8) is 0 Å². The highest BCUT2D eigenvalue weighted by Gasteiger charge is 2.01. The number of hydrogen-bond donors (Lipinski definition) is 2. The van der Waals surface area contributed by atoms with E-state index < -0.39 is 0 Å². The fraction of sp³-hybridized carbons (Fsp3) is 0.444. The van der Waals surface area contributed by atoms with Gasteiger partial charge in [-0.15, -0.1) is 0 Å². The molecule has 0 spiro atoms. The molecule has 1 heterocycles. The Hall–Kier alpha value is -0.870. The minimum absolute atomic E-state index is 0.0758. The summed E-state index contributed by atoms with van der Waals surface area (Å²) in [4.78, 5) is 11.2. The van der Waals surface area contributed by atoms with Crippen molar-refractivity contribution in [1.82, 2.24) is 5.32 Å². The Balaban J connectivity index is 2.18. The molecule has 0 aliphatic carbocycles. The van der Waals surface area contributed by atoms with Gasteiger partial charge in [-0.2, -0.15) is 11.3 Å². The van der Waals surface area contributed by atoms with E-state index >= 15 is 0 Å². The van der Waals surface area contributed by atoms with Gasteiger partial charge in [-0.05, 0) is 35.4 Å². The first-order valence-electron chi connectivity index (χ1n) is 4.31. The Morgan fingerprint density at radius 2 is 2.46 bits per heavy atom. The Morgan fingerprint density at radius 1 is 1.62 bits per heavy atom. The molecule has 1 aromatic heterocycles. The van der Waals surface area contributed by atoms with E-state index in [1.807, 2.05) is 16.8 Å². The van der Waals surface area contributed by atoms with Crippen LogP contribution < -0.4 is 11.1 Å². The van der Waals surface area contributed by atoms with Crippen LogP contribution in [0.5, 0.6) is 0 Å². The molecule has 0 atom stereocenters. The van der Waals surface area contributed by atoms with Gasteiger partial charge in [0.25, 0.3) is 0 Å². The summed E-state index contributed by atoms with van der Waals surface area (Å²) in [5.41, 5.74) is 6.38. The zero-order valence-corrected chi connectivity index (χ0v) is 8.27. The molecule has 0 saturated heterocycles. The van der Waals surface area contributed by atoms with E-state index in [1.165, 1.54) is 0 Å². The van der Waals surface area contributed by atoms with Crippen LogP contribution in [-0.4, -0.2) is 19.0 Å². The Morgan fingerprint density at radius 3 is 3.08 bits per heavy atom. The summed E-state index contributed by atoms with van der Waals surface area (Å²) < 4.78 is 0. The van der Waals surface area contributed by atoms with Crippen molar-refractivity contribution in [3.8, 4) is 0 Å². The number of nitrogens with two attached hydrogens (primary N) is 1. The molecule has 0 fully saturated rings. The number of carbonyl (C=O) groups is 1. The number of nitrogens with one attached hydrogen (secondary N) is 1. The standard InChI is InChI=1S/C9H14N2OS/c10-3-1-4-11-9(12)6-8-2-5-13-7-8/h2,5,7H,1,3-4,6,10H2,(H,11,12). The number of thiophene rings is 1. The van der Waals surface area contributed by atoms with Gasteiger partial charge in [0, 0.05) is 6.54 Å². The molecule has 72 valence electrons. The lowest BCUT2D eigenvalue weighted by molar-refractivity contribution is -0.120. The number of hydrogen-bond acceptors (Lipinski definition) is 3. The smallest absolute Gasteiger partial charge is 0.224 e. The molecule has 4 heteroatoms. The van der Waals surface area contributed by atoms with Crippen molar-refractivity contribution in [2.75, 3.05) is 13.1 Å². The molecule has 1 amide bonds. The minimum atomic E-state index is 0.0758. The lowest BCUT2D eigenvalue weighted by atomic mass is 10.2. The SMILES string of the molecule is NCCCNC(=O)Cc1ccsc1. The van der Waals surface area contributed by atoms with Gasteiger partial charge in [0.15, 0.2) is 0 Å². The van der Waals surface area contributed by atoms with Crippen molar-refractivity contribution in [2.24, 2.45) is 5.73 Å². The summed E-state index contributed by atoms with van der Waals surface area (Å²) in [6.07, 6.45) is 1.32. The molecule has 1 aromatic rings. The van der Waals surface area contributed by atoms with E-state index in [2.05, 4.69) is 5.32 Å². The van der Waals surface area contributed by atoms with Crippen molar-refractivity contribution in [1.29, 1.82) is 0 Å². The molecule has 0 saturated carbocycles. The predicted octanol–water partition coefficient (Wildman–Crippen LogP) is 0.756. The van der Waals surface area contributed by atoms with Crippen molar-refractivity contribution >= 4 is 17.2 Å². The highest BCUT2D eigenvalue weighted by molar-refractivity contribution is 7.07. The van der Waals surface area contributed by atoms with Crippen LogP contribution in [0.1, 0.15) is 12.0 Å². The summed E-state index contributed by atoms with van der Waals surface area (Å²) in [6, 6.07) is 1.97. The molecule has 0 aliphatic heterocycles. The topological polar surface area (TPSA) is 55.1 Å². The first-order chi connectivity index (χ1) is 6.33. The van der Waals surface area contributed by atoms with Gasteiger partial charge in [0.05, 0.1) is 6.42 Å². The molecular weight excluding hydrogens is 184 g/mol. The number of rotatable bonds is 5. The Bertz CT molecular complexity index is 246. The van der Waals surface area contributed by atoms with Gasteiger partial charge in [0.1, 0.15) is 0 Å². The maximum atomic E-state index is 11.2. The van der Waals surface area contributed by atoms with Crippen LogP contribution in [0.2, 0.25) is 0 Å². The van der Waals surface area contributed by atoms with Crippen LogP contribution in [-0.2, 0) is 11.2 Å². The number of carbonyl (C=O) groups excluding carboxylic acids is 1. The van der Waals surface area contributed by atoms with Crippen LogP contribution in [0, 0.1) is 0 Å². The van der Waals surface area contributed by atoms with E-state index in [0.717, 1.165) is 12.0 Å². The molecule has 0 bridgehead atoms. The fourth-order valence-electron chi connectivity index (χ4n) is 0.971. The predicted molar refractivity (Wildman–Crippen MR) is 54.7 cm³/mol. The zero-order valence-electron chi connectivity index (χ0n) is 7.45. The average molecular weight is 198 g/mol. The summed E-state index contributed by atoms with van der Waals surface area (Å²) in [5.74, 6) is 0.0758. The van der Waals surface area contributed by atoms with Crippen LogP contribution >= 0.6 is 11.3 Å². The summed E-state index contributed by atoms with van der Waals surface area (Å²) in [6.45, 7) is 1.30. The average Bonchev–Trinajstić information content (AvgIpc) is 2.57. The third-order valence-electron chi connectivity index (χ3n) is 1.65. The maximum absolute atomic E-state index is 11.2. The molecule has 1 rings (SSSR count). The minimum Gasteiger partial charge on any atom is -0.356 e. The van der Waals surface area contributed by atoms with Gasteiger partial charge in [-0.25, -0.2) is 0 Å². The van der Waals surface area contributed by atoms with E-state index in [4.69, 9.17) is 5.73 Å². The first kappa shape index (κ1) is 10.2. The molecular formula is C9H14N2OS. The van der Waals surface area contributed by atoms with Gasteiger partial charge in [0.2, 0.25) is 5.91 Å². The Labute approximate surface area is 81.9 Å². The highest BCUT2D eigenvalue weighted by Crippen LogP contribution is 2.05. The van der Waals surface area contributed by atoms with Gasteiger partial charge < -0.3 is 11.1 Å².